The number of thioether (sulfide) groups is 1. The summed E-state index contributed by atoms with van der Waals surface area (Å²) in [4.78, 5) is 56.9. The van der Waals surface area contributed by atoms with Crippen LogP contribution in [0.2, 0.25) is 0 Å². The summed E-state index contributed by atoms with van der Waals surface area (Å²) in [6, 6.07) is 9.98. The van der Waals surface area contributed by atoms with Crippen LogP contribution in [0.4, 0.5) is 16.2 Å². The lowest BCUT2D eigenvalue weighted by Gasteiger charge is -2.13. The molecule has 0 radical (unpaired) electrons. The normalized spacial score (nSPS) is 14.9. The highest BCUT2D eigenvalue weighted by molar-refractivity contribution is 8.18. The number of hydrogen-bond acceptors (Lipinski definition) is 8. The van der Waals surface area contributed by atoms with Gasteiger partial charge >= 0.3 is 5.24 Å². The number of nitrogens with zero attached hydrogens (tertiary/aromatic N) is 3. The Hall–Kier alpha value is -4.06. The number of nitrogens with one attached hydrogen (secondary N) is 1. The number of amides is 3. The molecule has 1 aliphatic heterocycles. The van der Waals surface area contributed by atoms with Crippen molar-refractivity contribution < 1.29 is 24.2 Å². The average Bonchev–Trinajstić information content (AvgIpc) is 2.95. The monoisotopic (exact) mass is 414 g/mol. The molecule has 0 unspecified atom stereocenters. The van der Waals surface area contributed by atoms with Crippen LogP contribution in [0.5, 0.6) is 0 Å². The van der Waals surface area contributed by atoms with Gasteiger partial charge in [0.2, 0.25) is 0 Å². The summed E-state index contributed by atoms with van der Waals surface area (Å²) in [6.07, 6.45) is 1.37. The van der Waals surface area contributed by atoms with E-state index < -0.39 is 26.9 Å². The van der Waals surface area contributed by atoms with Crippen LogP contribution < -0.4 is 5.43 Å². The Balaban J connectivity index is 1.73. The summed E-state index contributed by atoms with van der Waals surface area (Å²) in [6.45, 7) is 0. The van der Waals surface area contributed by atoms with Crippen LogP contribution in [0.3, 0.4) is 0 Å². The standard InChI is InChI=1S/C17H10N4O7S/c22-15(11-3-7-13(8-4-11)21(27)28)18-19-16(23)14(29-17(19)24)9-10-1-5-12(6-2-10)20(25)26/h1-9H,(H,18,22)/b14-9-. The van der Waals surface area contributed by atoms with E-state index in [1.165, 1.54) is 42.5 Å². The second-order valence-electron chi connectivity index (χ2n) is 5.61. The maximum atomic E-state index is 12.4. The molecule has 1 N–H and O–H groups in total. The first kappa shape index (κ1) is 19.7. The maximum absolute atomic E-state index is 12.4. The van der Waals surface area contributed by atoms with Crippen molar-refractivity contribution in [2.75, 3.05) is 0 Å². The Kier molecular flexibility index (Phi) is 5.36. The van der Waals surface area contributed by atoms with Crippen molar-refractivity contribution in [3.8, 4) is 0 Å². The minimum Gasteiger partial charge on any atom is -0.267 e. The largest absolute Gasteiger partial charge is 0.312 e. The average molecular weight is 414 g/mol. The van der Waals surface area contributed by atoms with Gasteiger partial charge in [0.25, 0.3) is 23.2 Å². The quantitative estimate of drug-likeness (QED) is 0.445. The lowest BCUT2D eigenvalue weighted by Crippen LogP contribution is -2.44. The van der Waals surface area contributed by atoms with Gasteiger partial charge in [-0.25, -0.2) is 0 Å². The van der Waals surface area contributed by atoms with Crippen molar-refractivity contribution in [3.05, 3.63) is 84.8 Å². The Morgan fingerprint density at radius 1 is 0.931 bits per heavy atom. The third-order valence-corrected chi connectivity index (χ3v) is 4.62. The van der Waals surface area contributed by atoms with E-state index in [1.54, 1.807) is 0 Å². The Morgan fingerprint density at radius 3 is 1.97 bits per heavy atom. The zero-order valence-corrected chi connectivity index (χ0v) is 15.1. The van der Waals surface area contributed by atoms with Crippen molar-refractivity contribution in [1.29, 1.82) is 0 Å². The molecule has 29 heavy (non-hydrogen) atoms. The summed E-state index contributed by atoms with van der Waals surface area (Å²) in [5, 5.41) is 21.1. The first-order valence-electron chi connectivity index (χ1n) is 7.84. The van der Waals surface area contributed by atoms with Gasteiger partial charge in [0.05, 0.1) is 14.8 Å². The highest BCUT2D eigenvalue weighted by atomic mass is 32.2. The van der Waals surface area contributed by atoms with Crippen LogP contribution >= 0.6 is 11.8 Å². The fourth-order valence-corrected chi connectivity index (χ4v) is 3.09. The fraction of sp³-hybridized carbons (Fsp3) is 0. The van der Waals surface area contributed by atoms with E-state index in [2.05, 4.69) is 5.43 Å². The first-order chi connectivity index (χ1) is 13.8. The van der Waals surface area contributed by atoms with Crippen LogP contribution in [0.1, 0.15) is 15.9 Å². The molecule has 0 saturated carbocycles. The van der Waals surface area contributed by atoms with Crippen molar-refractivity contribution in [2.24, 2.45) is 0 Å². The molecule has 2 aromatic rings. The molecule has 1 fully saturated rings. The van der Waals surface area contributed by atoms with Crippen LogP contribution in [-0.4, -0.2) is 31.9 Å². The van der Waals surface area contributed by atoms with Gasteiger partial charge in [-0.2, -0.15) is 5.01 Å². The number of hydrazine groups is 1. The molecule has 1 heterocycles. The molecule has 0 bridgehead atoms. The number of carbonyl (C=O) groups is 3. The summed E-state index contributed by atoms with van der Waals surface area (Å²) in [5.41, 5.74) is 2.31. The molecule has 0 aromatic heterocycles. The van der Waals surface area contributed by atoms with E-state index in [1.807, 2.05) is 0 Å². The minimum atomic E-state index is -0.793. The van der Waals surface area contributed by atoms with Gasteiger partial charge in [0, 0.05) is 29.8 Å². The van der Waals surface area contributed by atoms with Gasteiger partial charge in [-0.15, -0.1) is 0 Å². The Bertz CT molecular complexity index is 1060. The Labute approximate surface area is 166 Å². The number of non-ortho nitro benzene ring substituents is 2. The topological polar surface area (TPSA) is 153 Å². The number of carbonyl (C=O) groups excluding carboxylic acids is 3. The van der Waals surface area contributed by atoms with Gasteiger partial charge in [0.15, 0.2) is 0 Å². The molecule has 146 valence electrons. The smallest absolute Gasteiger partial charge is 0.267 e. The zero-order valence-electron chi connectivity index (χ0n) is 14.3. The van der Waals surface area contributed by atoms with E-state index >= 15 is 0 Å². The van der Waals surface area contributed by atoms with Gasteiger partial charge in [0.1, 0.15) is 0 Å². The molecular weight excluding hydrogens is 404 g/mol. The molecule has 3 rings (SSSR count). The first-order valence-corrected chi connectivity index (χ1v) is 8.66. The van der Waals surface area contributed by atoms with E-state index in [-0.39, 0.29) is 21.8 Å². The van der Waals surface area contributed by atoms with E-state index in [0.717, 1.165) is 12.1 Å². The van der Waals surface area contributed by atoms with Gasteiger partial charge < -0.3 is 0 Å². The number of benzene rings is 2. The Morgan fingerprint density at radius 2 is 1.45 bits per heavy atom. The number of nitro groups is 2. The molecule has 1 saturated heterocycles. The summed E-state index contributed by atoms with van der Waals surface area (Å²) in [5.74, 6) is -1.56. The zero-order chi connectivity index (χ0) is 21.1. The summed E-state index contributed by atoms with van der Waals surface area (Å²) < 4.78 is 0. The number of nitro benzene ring substituents is 2. The SMILES string of the molecule is O=C(NN1C(=O)S/C(=C\c2ccc([N+](=O)[O-])cc2)C1=O)c1ccc([N+](=O)[O-])cc1. The molecule has 11 nitrogen and oxygen atoms in total. The fourth-order valence-electron chi connectivity index (χ4n) is 2.31. The lowest BCUT2D eigenvalue weighted by atomic mass is 10.2. The molecule has 3 amide bonds. The summed E-state index contributed by atoms with van der Waals surface area (Å²) in [7, 11) is 0. The van der Waals surface area contributed by atoms with Gasteiger partial charge in [-0.3, -0.25) is 40.0 Å². The lowest BCUT2D eigenvalue weighted by molar-refractivity contribution is -0.385. The van der Waals surface area contributed by atoms with Crippen LogP contribution in [-0.2, 0) is 4.79 Å². The summed E-state index contributed by atoms with van der Waals surface area (Å²) >= 11 is 0.591. The van der Waals surface area contributed by atoms with Gasteiger partial charge in [-0.1, -0.05) is 0 Å². The van der Waals surface area contributed by atoms with Crippen LogP contribution in [0.25, 0.3) is 6.08 Å². The second-order valence-corrected chi connectivity index (χ2v) is 6.60. The molecule has 2 aromatic carbocycles. The van der Waals surface area contributed by atoms with E-state index in [9.17, 15) is 34.6 Å². The third-order valence-electron chi connectivity index (χ3n) is 3.75. The molecule has 1 aliphatic rings. The number of imide groups is 1. The van der Waals surface area contributed by atoms with Crippen molar-refractivity contribution in [1.82, 2.24) is 10.4 Å². The highest BCUT2D eigenvalue weighted by Crippen LogP contribution is 2.31. The number of rotatable bonds is 5. The van der Waals surface area contributed by atoms with E-state index in [4.69, 9.17) is 0 Å². The molecule has 12 heteroatoms. The highest BCUT2D eigenvalue weighted by Gasteiger charge is 2.36. The van der Waals surface area contributed by atoms with Crippen LogP contribution in [0.15, 0.2) is 53.4 Å². The van der Waals surface area contributed by atoms with Crippen molar-refractivity contribution in [3.63, 3.8) is 0 Å². The maximum Gasteiger partial charge on any atom is 0.312 e. The number of hydrogen-bond donors (Lipinski definition) is 1. The predicted octanol–water partition coefficient (Wildman–Crippen LogP) is 2.88. The van der Waals surface area contributed by atoms with Crippen LogP contribution in [0, 0.1) is 20.2 Å². The predicted molar refractivity (Wildman–Crippen MR) is 101 cm³/mol. The molecule has 0 aliphatic carbocycles. The van der Waals surface area contributed by atoms with Gasteiger partial charge in [-0.05, 0) is 47.7 Å². The van der Waals surface area contributed by atoms with Crippen molar-refractivity contribution >= 4 is 46.3 Å². The minimum absolute atomic E-state index is 0.0212. The molecule has 0 atom stereocenters. The molecule has 0 spiro atoms. The van der Waals surface area contributed by atoms with Crippen molar-refractivity contribution in [2.45, 2.75) is 0 Å². The third kappa shape index (κ3) is 4.27. The second kappa shape index (κ2) is 7.90. The van der Waals surface area contributed by atoms with E-state index in [0.29, 0.717) is 22.3 Å². The molecular formula is C17H10N4O7S.